The summed E-state index contributed by atoms with van der Waals surface area (Å²) in [6.07, 6.45) is -11.0. The van der Waals surface area contributed by atoms with Crippen LogP contribution in [0.3, 0.4) is 0 Å². The van der Waals surface area contributed by atoms with E-state index in [0.717, 1.165) is 18.2 Å². The summed E-state index contributed by atoms with van der Waals surface area (Å²) in [5.74, 6) is -12.7. The number of aliphatic hydroxyl groups is 1. The zero-order valence-electron chi connectivity index (χ0n) is 12.2. The summed E-state index contributed by atoms with van der Waals surface area (Å²) >= 11 is 0. The minimum Gasteiger partial charge on any atom is -0.462 e. The molecule has 0 heterocycles. The molecule has 0 aromatic heterocycles. The summed E-state index contributed by atoms with van der Waals surface area (Å²) in [6, 6.07) is 4.24. The molecule has 0 saturated heterocycles. The van der Waals surface area contributed by atoms with Crippen LogP contribution in [0.15, 0.2) is 24.3 Å². The van der Waals surface area contributed by atoms with Crippen LogP contribution in [0.5, 0.6) is 0 Å². The van der Waals surface area contributed by atoms with Gasteiger partial charge in [0.2, 0.25) is 0 Å². The molecule has 0 fully saturated rings. The van der Waals surface area contributed by atoms with Crippen molar-refractivity contribution in [3.8, 4) is 0 Å². The fraction of sp³-hybridized carbons (Fsp3) is 0.500. The largest absolute Gasteiger partial charge is 0.462 e. The van der Waals surface area contributed by atoms with Crippen LogP contribution >= 0.6 is 0 Å². The molecule has 1 aromatic carbocycles. The van der Waals surface area contributed by atoms with Gasteiger partial charge in [-0.1, -0.05) is 12.1 Å². The van der Waals surface area contributed by atoms with Crippen LogP contribution in [0.1, 0.15) is 35.4 Å². The average Bonchev–Trinajstić information content (AvgIpc) is 2.45. The van der Waals surface area contributed by atoms with Gasteiger partial charge in [-0.25, -0.2) is 4.79 Å². The zero-order valence-corrected chi connectivity index (χ0v) is 12.2. The number of hydrogen-bond donors (Lipinski definition) is 1. The summed E-state index contributed by atoms with van der Waals surface area (Å²) in [6.45, 7) is 1.50. The predicted molar refractivity (Wildman–Crippen MR) is 67.9 cm³/mol. The van der Waals surface area contributed by atoms with Crippen molar-refractivity contribution in [2.45, 2.75) is 37.5 Å². The summed E-state index contributed by atoms with van der Waals surface area (Å²) in [7, 11) is 0. The molecular formula is C14H13F7O3. The number of esters is 1. The van der Waals surface area contributed by atoms with Gasteiger partial charge in [0.1, 0.15) is 0 Å². The van der Waals surface area contributed by atoms with Crippen LogP contribution in [0, 0.1) is 0 Å². The summed E-state index contributed by atoms with van der Waals surface area (Å²) in [5.41, 5.74) is -0.586. The molecule has 24 heavy (non-hydrogen) atoms. The van der Waals surface area contributed by atoms with Gasteiger partial charge in [-0.05, 0) is 24.6 Å². The molecule has 1 aromatic rings. The van der Waals surface area contributed by atoms with Gasteiger partial charge in [-0.15, -0.1) is 0 Å². The molecule has 0 aliphatic carbocycles. The molecule has 0 aliphatic rings. The van der Waals surface area contributed by atoms with Gasteiger partial charge in [0, 0.05) is 6.42 Å². The molecule has 1 atom stereocenters. The van der Waals surface area contributed by atoms with Crippen molar-refractivity contribution < 1.29 is 45.4 Å². The molecular weight excluding hydrogens is 349 g/mol. The van der Waals surface area contributed by atoms with E-state index in [1.165, 1.54) is 13.0 Å². The fourth-order valence-electron chi connectivity index (χ4n) is 1.78. The molecule has 0 amide bonds. The molecule has 0 spiro atoms. The monoisotopic (exact) mass is 362 g/mol. The first-order chi connectivity index (χ1) is 10.8. The van der Waals surface area contributed by atoms with Crippen LogP contribution in [-0.4, -0.2) is 35.7 Å². The third-order valence-corrected chi connectivity index (χ3v) is 3.05. The van der Waals surface area contributed by atoms with Crippen LogP contribution < -0.4 is 0 Å². The maximum Gasteiger partial charge on any atom is 0.459 e. The van der Waals surface area contributed by atoms with Gasteiger partial charge < -0.3 is 9.84 Å². The zero-order chi connectivity index (χ0) is 18.8. The Kier molecular flexibility index (Phi) is 5.86. The number of aliphatic hydroxyl groups excluding tert-OH is 1. The van der Waals surface area contributed by atoms with Crippen LogP contribution in [0.25, 0.3) is 0 Å². The number of carbonyl (C=O) groups excluding carboxylic acids is 1. The number of hydrogen-bond acceptors (Lipinski definition) is 3. The van der Waals surface area contributed by atoms with Crippen molar-refractivity contribution >= 4 is 5.97 Å². The topological polar surface area (TPSA) is 46.5 Å². The SMILES string of the molecule is CCOC(=O)c1cccc(C(O)CC(F)(F)C(F)(F)C(F)(F)F)c1. The molecule has 1 unspecified atom stereocenters. The van der Waals surface area contributed by atoms with E-state index >= 15 is 0 Å². The normalized spacial score (nSPS) is 14.4. The maximum absolute atomic E-state index is 13.3. The lowest BCUT2D eigenvalue weighted by Gasteiger charge is -2.29. The number of rotatable bonds is 6. The van der Waals surface area contributed by atoms with Crippen molar-refractivity contribution in [2.75, 3.05) is 6.61 Å². The molecule has 0 radical (unpaired) electrons. The van der Waals surface area contributed by atoms with E-state index in [1.54, 1.807) is 0 Å². The van der Waals surface area contributed by atoms with E-state index in [9.17, 15) is 40.6 Å². The quantitative estimate of drug-likeness (QED) is 0.612. The summed E-state index contributed by atoms with van der Waals surface area (Å²) in [4.78, 5) is 11.5. The molecule has 0 aliphatic heterocycles. The Morgan fingerprint density at radius 1 is 1.17 bits per heavy atom. The highest BCUT2D eigenvalue weighted by Crippen LogP contribution is 2.49. The summed E-state index contributed by atoms with van der Waals surface area (Å²) in [5, 5.41) is 9.59. The lowest BCUT2D eigenvalue weighted by molar-refractivity contribution is -0.358. The van der Waals surface area contributed by atoms with Crippen LogP contribution in [-0.2, 0) is 4.74 Å². The Labute approximate surface area is 132 Å². The van der Waals surface area contributed by atoms with Crippen molar-refractivity contribution in [3.05, 3.63) is 35.4 Å². The first-order valence-corrected chi connectivity index (χ1v) is 6.61. The molecule has 0 saturated carbocycles. The van der Waals surface area contributed by atoms with E-state index in [0.29, 0.717) is 0 Å². The Hall–Kier alpha value is -1.84. The van der Waals surface area contributed by atoms with E-state index < -0.39 is 42.1 Å². The highest BCUT2D eigenvalue weighted by Gasteiger charge is 2.72. The first kappa shape index (κ1) is 20.2. The third-order valence-electron chi connectivity index (χ3n) is 3.05. The second kappa shape index (κ2) is 6.96. The third kappa shape index (κ3) is 4.16. The average molecular weight is 362 g/mol. The number of ether oxygens (including phenoxy) is 1. The van der Waals surface area contributed by atoms with Gasteiger partial charge in [0.25, 0.3) is 0 Å². The second-order valence-electron chi connectivity index (χ2n) is 4.84. The highest BCUT2D eigenvalue weighted by atomic mass is 19.4. The minimum atomic E-state index is -6.47. The molecule has 1 rings (SSSR count). The number of carbonyl (C=O) groups is 1. The smallest absolute Gasteiger partial charge is 0.459 e. The Bertz CT molecular complexity index is 584. The lowest BCUT2D eigenvalue weighted by Crippen LogP contribution is -2.52. The Morgan fingerprint density at radius 2 is 1.75 bits per heavy atom. The van der Waals surface area contributed by atoms with Crippen molar-refractivity contribution in [1.82, 2.24) is 0 Å². The van der Waals surface area contributed by atoms with Gasteiger partial charge in [-0.2, -0.15) is 30.7 Å². The lowest BCUT2D eigenvalue weighted by atomic mass is 9.97. The maximum atomic E-state index is 13.3. The van der Waals surface area contributed by atoms with Gasteiger partial charge >= 0.3 is 24.0 Å². The van der Waals surface area contributed by atoms with Gasteiger partial charge in [-0.3, -0.25) is 0 Å². The highest BCUT2D eigenvalue weighted by molar-refractivity contribution is 5.89. The van der Waals surface area contributed by atoms with E-state index in [-0.39, 0.29) is 12.2 Å². The first-order valence-electron chi connectivity index (χ1n) is 6.61. The van der Waals surface area contributed by atoms with Gasteiger partial charge in [0.05, 0.1) is 18.3 Å². The fourth-order valence-corrected chi connectivity index (χ4v) is 1.78. The number of benzene rings is 1. The Balaban J connectivity index is 3.01. The van der Waals surface area contributed by atoms with Crippen LogP contribution in [0.2, 0.25) is 0 Å². The molecule has 0 bridgehead atoms. The Morgan fingerprint density at radius 3 is 2.25 bits per heavy atom. The van der Waals surface area contributed by atoms with E-state index in [4.69, 9.17) is 0 Å². The number of alkyl halides is 7. The standard InChI is InChI=1S/C14H13F7O3/c1-2-24-11(23)9-5-3-4-8(6-9)10(22)7-12(15,16)13(17,18)14(19,20)21/h3-6,10,22H,2,7H2,1H3. The minimum absolute atomic E-state index is 0.00148. The van der Waals surface area contributed by atoms with E-state index in [2.05, 4.69) is 4.74 Å². The van der Waals surface area contributed by atoms with Crippen molar-refractivity contribution in [1.29, 1.82) is 0 Å². The van der Waals surface area contributed by atoms with Crippen LogP contribution in [0.4, 0.5) is 30.7 Å². The van der Waals surface area contributed by atoms with Crippen molar-refractivity contribution in [2.24, 2.45) is 0 Å². The molecule has 136 valence electrons. The molecule has 3 nitrogen and oxygen atoms in total. The summed E-state index contributed by atoms with van der Waals surface area (Å²) < 4.78 is 93.1. The number of halogens is 7. The van der Waals surface area contributed by atoms with Gasteiger partial charge in [0.15, 0.2) is 0 Å². The van der Waals surface area contributed by atoms with E-state index in [1.807, 2.05) is 0 Å². The predicted octanol–water partition coefficient (Wildman–Crippen LogP) is 4.12. The molecule has 1 N–H and O–H groups in total. The van der Waals surface area contributed by atoms with Crippen molar-refractivity contribution in [3.63, 3.8) is 0 Å². The molecule has 10 heteroatoms. The second-order valence-corrected chi connectivity index (χ2v) is 4.84.